The first-order valence-electron chi connectivity index (χ1n) is 7.68. The van der Waals surface area contributed by atoms with Gasteiger partial charge in [0.1, 0.15) is 23.4 Å². The number of nitrogens with one attached hydrogen (secondary N) is 1. The van der Waals surface area contributed by atoms with Crippen LogP contribution in [0.15, 0.2) is 12.4 Å². The summed E-state index contributed by atoms with van der Waals surface area (Å²) in [6, 6.07) is 0.833. The van der Waals surface area contributed by atoms with Crippen LogP contribution >= 0.6 is 0 Å². The lowest BCUT2D eigenvalue weighted by Gasteiger charge is -2.33. The molecular formula is C15H21F3N4O2. The predicted octanol–water partition coefficient (Wildman–Crippen LogP) is 3.31. The van der Waals surface area contributed by atoms with Gasteiger partial charge in [0.2, 0.25) is 0 Å². The zero-order valence-corrected chi connectivity index (χ0v) is 13.9. The Kier molecular flexibility index (Phi) is 5.19. The van der Waals surface area contributed by atoms with Gasteiger partial charge in [0, 0.05) is 25.2 Å². The van der Waals surface area contributed by atoms with E-state index >= 15 is 0 Å². The molecule has 1 aromatic rings. The number of aromatic nitrogens is 2. The van der Waals surface area contributed by atoms with Gasteiger partial charge in [0.05, 0.1) is 0 Å². The molecule has 1 fully saturated rings. The summed E-state index contributed by atoms with van der Waals surface area (Å²) in [4.78, 5) is 20.6. The molecule has 0 unspecified atom stereocenters. The van der Waals surface area contributed by atoms with Gasteiger partial charge in [-0.1, -0.05) is 0 Å². The number of likely N-dealkylation sites (tertiary alicyclic amines) is 1. The monoisotopic (exact) mass is 346 g/mol. The topological polar surface area (TPSA) is 67.3 Å². The van der Waals surface area contributed by atoms with E-state index in [4.69, 9.17) is 4.74 Å². The van der Waals surface area contributed by atoms with Crippen LogP contribution in [0.4, 0.5) is 23.8 Å². The van der Waals surface area contributed by atoms with Crippen LogP contribution in [0.5, 0.6) is 0 Å². The maximum absolute atomic E-state index is 12.6. The number of halogens is 3. The number of piperidine rings is 1. The Labute approximate surface area is 138 Å². The average molecular weight is 346 g/mol. The minimum Gasteiger partial charge on any atom is -0.444 e. The van der Waals surface area contributed by atoms with Gasteiger partial charge in [-0.15, -0.1) is 0 Å². The minimum absolute atomic E-state index is 0.0559. The van der Waals surface area contributed by atoms with E-state index in [0.29, 0.717) is 25.9 Å². The van der Waals surface area contributed by atoms with Crippen LogP contribution in [0.3, 0.4) is 0 Å². The molecule has 0 radical (unpaired) electrons. The molecule has 6 nitrogen and oxygen atoms in total. The van der Waals surface area contributed by atoms with Crippen molar-refractivity contribution in [3.05, 3.63) is 18.1 Å². The molecule has 2 rings (SSSR count). The maximum Gasteiger partial charge on any atom is 0.433 e. The van der Waals surface area contributed by atoms with Gasteiger partial charge < -0.3 is 15.0 Å². The van der Waals surface area contributed by atoms with Crippen LogP contribution in [0.2, 0.25) is 0 Å². The first-order valence-corrected chi connectivity index (χ1v) is 7.68. The van der Waals surface area contributed by atoms with Gasteiger partial charge >= 0.3 is 12.3 Å². The summed E-state index contributed by atoms with van der Waals surface area (Å²) in [6.07, 6.45) is -2.78. The fourth-order valence-electron chi connectivity index (χ4n) is 2.33. The quantitative estimate of drug-likeness (QED) is 0.890. The van der Waals surface area contributed by atoms with Gasteiger partial charge in [-0.25, -0.2) is 14.8 Å². The van der Waals surface area contributed by atoms with Crippen molar-refractivity contribution in [2.75, 3.05) is 18.4 Å². The number of rotatable bonds is 2. The van der Waals surface area contributed by atoms with E-state index in [1.54, 1.807) is 25.7 Å². The highest BCUT2D eigenvalue weighted by Gasteiger charge is 2.33. The number of alkyl halides is 3. The highest BCUT2D eigenvalue weighted by atomic mass is 19.4. The van der Waals surface area contributed by atoms with Crippen LogP contribution in [-0.2, 0) is 10.9 Å². The van der Waals surface area contributed by atoms with Crippen molar-refractivity contribution in [1.82, 2.24) is 14.9 Å². The molecule has 1 saturated heterocycles. The number of ether oxygens (including phenoxy) is 1. The van der Waals surface area contributed by atoms with E-state index in [-0.39, 0.29) is 18.0 Å². The van der Waals surface area contributed by atoms with Gasteiger partial charge in [-0.05, 0) is 33.6 Å². The Hall–Kier alpha value is -2.06. The summed E-state index contributed by atoms with van der Waals surface area (Å²) in [7, 11) is 0. The molecule has 24 heavy (non-hydrogen) atoms. The van der Waals surface area contributed by atoms with Crippen LogP contribution in [0.25, 0.3) is 0 Å². The lowest BCUT2D eigenvalue weighted by atomic mass is 10.1. The van der Waals surface area contributed by atoms with Gasteiger partial charge in [0.15, 0.2) is 0 Å². The summed E-state index contributed by atoms with van der Waals surface area (Å²) in [5.41, 5.74) is -1.53. The Morgan fingerprint density at radius 3 is 2.42 bits per heavy atom. The van der Waals surface area contributed by atoms with Crippen molar-refractivity contribution in [1.29, 1.82) is 0 Å². The molecule has 1 aliphatic heterocycles. The third-order valence-electron chi connectivity index (χ3n) is 3.46. The zero-order chi connectivity index (χ0) is 18.0. The third-order valence-corrected chi connectivity index (χ3v) is 3.46. The summed E-state index contributed by atoms with van der Waals surface area (Å²) in [5.74, 6) is 0.132. The molecule has 2 heterocycles. The second-order valence-electron chi connectivity index (χ2n) is 6.67. The molecule has 1 N–H and O–H groups in total. The first kappa shape index (κ1) is 18.3. The number of amides is 1. The summed E-state index contributed by atoms with van der Waals surface area (Å²) in [6.45, 7) is 6.35. The first-order chi connectivity index (χ1) is 11.0. The van der Waals surface area contributed by atoms with E-state index in [0.717, 1.165) is 12.4 Å². The van der Waals surface area contributed by atoms with Crippen LogP contribution in [0.1, 0.15) is 39.3 Å². The van der Waals surface area contributed by atoms with E-state index in [2.05, 4.69) is 15.3 Å². The molecule has 0 aromatic carbocycles. The smallest absolute Gasteiger partial charge is 0.433 e. The van der Waals surface area contributed by atoms with Crippen molar-refractivity contribution in [2.45, 2.75) is 51.4 Å². The van der Waals surface area contributed by atoms with E-state index < -0.39 is 17.5 Å². The molecule has 0 bridgehead atoms. The van der Waals surface area contributed by atoms with Crippen molar-refractivity contribution in [2.24, 2.45) is 0 Å². The largest absolute Gasteiger partial charge is 0.444 e. The van der Waals surface area contributed by atoms with Crippen molar-refractivity contribution < 1.29 is 22.7 Å². The molecule has 0 spiro atoms. The highest BCUT2D eigenvalue weighted by Crippen LogP contribution is 2.28. The highest BCUT2D eigenvalue weighted by molar-refractivity contribution is 5.68. The Bertz CT molecular complexity index is 579. The van der Waals surface area contributed by atoms with Crippen molar-refractivity contribution >= 4 is 11.9 Å². The van der Waals surface area contributed by atoms with Crippen molar-refractivity contribution in [3.63, 3.8) is 0 Å². The lowest BCUT2D eigenvalue weighted by Crippen LogP contribution is -2.44. The Morgan fingerprint density at radius 2 is 1.88 bits per heavy atom. The molecule has 0 aliphatic carbocycles. The standard InChI is InChI=1S/C15H21F3N4O2/c1-14(2,3)24-13(23)22-6-4-10(5-7-22)21-12-8-11(15(16,17)18)19-9-20-12/h8-10H,4-7H2,1-3H3,(H,19,20,21). The minimum atomic E-state index is -4.50. The van der Waals surface area contributed by atoms with Crippen molar-refractivity contribution in [3.8, 4) is 0 Å². The molecule has 0 saturated carbocycles. The molecule has 134 valence electrons. The van der Waals surface area contributed by atoms with Gasteiger partial charge in [0.25, 0.3) is 0 Å². The number of carbonyl (C=O) groups excluding carboxylic acids is 1. The second-order valence-corrected chi connectivity index (χ2v) is 6.67. The summed E-state index contributed by atoms with van der Waals surface area (Å²) < 4.78 is 43.2. The number of anilines is 1. The normalized spacial score (nSPS) is 16.8. The van der Waals surface area contributed by atoms with Gasteiger partial charge in [-0.3, -0.25) is 0 Å². The predicted molar refractivity (Wildman–Crippen MR) is 81.5 cm³/mol. The summed E-state index contributed by atoms with van der Waals surface area (Å²) >= 11 is 0. The molecular weight excluding hydrogens is 325 g/mol. The average Bonchev–Trinajstić information content (AvgIpc) is 2.45. The molecule has 0 atom stereocenters. The van der Waals surface area contributed by atoms with Gasteiger partial charge in [-0.2, -0.15) is 13.2 Å². The molecule has 1 aliphatic rings. The second kappa shape index (κ2) is 6.82. The Balaban J connectivity index is 1.88. The molecule has 1 amide bonds. The van der Waals surface area contributed by atoms with E-state index in [9.17, 15) is 18.0 Å². The number of nitrogens with zero attached hydrogens (tertiary/aromatic N) is 3. The Morgan fingerprint density at radius 1 is 1.25 bits per heavy atom. The fraction of sp³-hybridized carbons (Fsp3) is 0.667. The van der Waals surface area contributed by atoms with Crippen LogP contribution < -0.4 is 5.32 Å². The number of carbonyl (C=O) groups is 1. The lowest BCUT2D eigenvalue weighted by molar-refractivity contribution is -0.141. The molecule has 1 aromatic heterocycles. The fourth-order valence-corrected chi connectivity index (χ4v) is 2.33. The van der Waals surface area contributed by atoms with Crippen LogP contribution in [-0.4, -0.2) is 45.7 Å². The van der Waals surface area contributed by atoms with E-state index in [1.165, 1.54) is 0 Å². The SMILES string of the molecule is CC(C)(C)OC(=O)N1CCC(Nc2cc(C(F)(F)F)ncn2)CC1. The number of hydrogen-bond acceptors (Lipinski definition) is 5. The van der Waals surface area contributed by atoms with E-state index in [1.807, 2.05) is 0 Å². The number of hydrogen-bond donors (Lipinski definition) is 1. The maximum atomic E-state index is 12.6. The molecule has 9 heteroatoms. The summed E-state index contributed by atoms with van der Waals surface area (Å²) in [5, 5.41) is 2.97. The zero-order valence-electron chi connectivity index (χ0n) is 13.9. The van der Waals surface area contributed by atoms with Crippen LogP contribution in [0, 0.1) is 0 Å². The third kappa shape index (κ3) is 5.24.